The molecule has 3 rings (SSSR count). The van der Waals surface area contributed by atoms with Crippen molar-refractivity contribution >= 4 is 11.7 Å². The monoisotopic (exact) mass is 329 g/mol. The highest BCUT2D eigenvalue weighted by molar-refractivity contribution is 5.75. The number of nitrogens with zero attached hydrogens (tertiary/aromatic N) is 3. The SMILES string of the molecule is O=C(Cn1ccc(=O)[nH]c1=O)NCc1ccnc(N2CCCC2)c1. The molecule has 0 bridgehead atoms. The molecule has 1 aliphatic rings. The van der Waals surface area contributed by atoms with Gasteiger partial charge in [0.05, 0.1) is 0 Å². The van der Waals surface area contributed by atoms with Gasteiger partial charge in [-0.15, -0.1) is 0 Å². The summed E-state index contributed by atoms with van der Waals surface area (Å²) in [5.41, 5.74) is -0.130. The average Bonchev–Trinajstić information content (AvgIpc) is 3.10. The number of anilines is 1. The molecule has 1 fully saturated rings. The average molecular weight is 329 g/mol. The minimum Gasteiger partial charge on any atom is -0.357 e. The highest BCUT2D eigenvalue weighted by Crippen LogP contribution is 2.18. The van der Waals surface area contributed by atoms with Crippen LogP contribution in [-0.2, 0) is 17.9 Å². The molecule has 0 radical (unpaired) electrons. The van der Waals surface area contributed by atoms with E-state index < -0.39 is 11.2 Å². The number of H-pyrrole nitrogens is 1. The molecule has 0 aliphatic carbocycles. The van der Waals surface area contributed by atoms with Gasteiger partial charge in [-0.2, -0.15) is 0 Å². The van der Waals surface area contributed by atoms with Crippen LogP contribution < -0.4 is 21.5 Å². The van der Waals surface area contributed by atoms with Gasteiger partial charge in [0.1, 0.15) is 12.4 Å². The highest BCUT2D eigenvalue weighted by atomic mass is 16.2. The largest absolute Gasteiger partial charge is 0.357 e. The molecular formula is C16H19N5O3. The van der Waals surface area contributed by atoms with Crippen molar-refractivity contribution in [2.24, 2.45) is 0 Å². The number of aromatic nitrogens is 3. The van der Waals surface area contributed by atoms with Crippen molar-refractivity contribution < 1.29 is 4.79 Å². The van der Waals surface area contributed by atoms with Gasteiger partial charge in [-0.05, 0) is 30.5 Å². The van der Waals surface area contributed by atoms with Gasteiger partial charge in [0.25, 0.3) is 5.56 Å². The number of pyridine rings is 1. The zero-order chi connectivity index (χ0) is 16.9. The predicted octanol–water partition coefficient (Wildman–Crippen LogP) is -0.152. The minimum absolute atomic E-state index is 0.139. The molecule has 2 aromatic rings. The fourth-order valence-corrected chi connectivity index (χ4v) is 2.67. The molecule has 1 aliphatic heterocycles. The molecule has 1 saturated heterocycles. The zero-order valence-electron chi connectivity index (χ0n) is 13.2. The van der Waals surface area contributed by atoms with E-state index in [0.717, 1.165) is 29.0 Å². The Morgan fingerprint density at radius 1 is 1.25 bits per heavy atom. The molecule has 8 nitrogen and oxygen atoms in total. The molecular weight excluding hydrogens is 310 g/mol. The van der Waals surface area contributed by atoms with Crippen molar-refractivity contribution in [2.45, 2.75) is 25.9 Å². The summed E-state index contributed by atoms with van der Waals surface area (Å²) in [7, 11) is 0. The lowest BCUT2D eigenvalue weighted by Crippen LogP contribution is -2.35. The van der Waals surface area contributed by atoms with Crippen LogP contribution in [-0.4, -0.2) is 33.5 Å². The molecule has 2 N–H and O–H groups in total. The van der Waals surface area contributed by atoms with Gasteiger partial charge >= 0.3 is 5.69 Å². The first kappa shape index (κ1) is 16.0. The van der Waals surface area contributed by atoms with Gasteiger partial charge in [0, 0.05) is 38.1 Å². The van der Waals surface area contributed by atoms with Crippen LogP contribution in [0.5, 0.6) is 0 Å². The van der Waals surface area contributed by atoms with Gasteiger partial charge in [-0.3, -0.25) is 19.1 Å². The molecule has 24 heavy (non-hydrogen) atoms. The number of carbonyl (C=O) groups excluding carboxylic acids is 1. The van der Waals surface area contributed by atoms with Crippen LogP contribution in [0.2, 0.25) is 0 Å². The van der Waals surface area contributed by atoms with E-state index in [9.17, 15) is 14.4 Å². The Kier molecular flexibility index (Phi) is 4.74. The topological polar surface area (TPSA) is 100 Å². The molecule has 1 amide bonds. The summed E-state index contributed by atoms with van der Waals surface area (Å²) in [5, 5.41) is 2.77. The van der Waals surface area contributed by atoms with Gasteiger partial charge in [0.15, 0.2) is 0 Å². The maximum atomic E-state index is 12.0. The summed E-state index contributed by atoms with van der Waals surface area (Å²) < 4.78 is 1.15. The number of hydrogen-bond acceptors (Lipinski definition) is 5. The summed E-state index contributed by atoms with van der Waals surface area (Å²) in [4.78, 5) is 43.2. The van der Waals surface area contributed by atoms with E-state index in [1.165, 1.54) is 25.1 Å². The molecule has 8 heteroatoms. The zero-order valence-corrected chi connectivity index (χ0v) is 13.2. The molecule has 2 aromatic heterocycles. The number of rotatable bonds is 5. The van der Waals surface area contributed by atoms with Crippen molar-refractivity contribution in [3.05, 3.63) is 57.0 Å². The molecule has 126 valence electrons. The van der Waals surface area contributed by atoms with E-state index in [0.29, 0.717) is 6.54 Å². The molecule has 0 unspecified atom stereocenters. The van der Waals surface area contributed by atoms with Gasteiger partial charge in [-0.25, -0.2) is 9.78 Å². The third-order valence-electron chi connectivity index (χ3n) is 3.94. The van der Waals surface area contributed by atoms with Crippen LogP contribution in [0, 0.1) is 0 Å². The first-order valence-corrected chi connectivity index (χ1v) is 7.88. The third kappa shape index (κ3) is 3.89. The first-order chi connectivity index (χ1) is 11.6. The summed E-state index contributed by atoms with van der Waals surface area (Å²) >= 11 is 0. The van der Waals surface area contributed by atoms with E-state index in [2.05, 4.69) is 20.2 Å². The van der Waals surface area contributed by atoms with Crippen molar-refractivity contribution in [1.29, 1.82) is 0 Å². The van der Waals surface area contributed by atoms with Crippen LogP contribution in [0.25, 0.3) is 0 Å². The Bertz CT molecular complexity index is 836. The van der Waals surface area contributed by atoms with Crippen molar-refractivity contribution in [2.75, 3.05) is 18.0 Å². The number of aromatic amines is 1. The summed E-state index contributed by atoms with van der Waals surface area (Å²) in [6.45, 7) is 2.25. The van der Waals surface area contributed by atoms with E-state index in [1.54, 1.807) is 6.20 Å². The van der Waals surface area contributed by atoms with Crippen molar-refractivity contribution in [3.63, 3.8) is 0 Å². The second-order valence-corrected chi connectivity index (χ2v) is 5.73. The van der Waals surface area contributed by atoms with Crippen LogP contribution in [0.1, 0.15) is 18.4 Å². The van der Waals surface area contributed by atoms with Crippen LogP contribution in [0.15, 0.2) is 40.2 Å². The quantitative estimate of drug-likeness (QED) is 0.794. The standard InChI is InChI=1S/C16H19N5O3/c22-14-4-8-21(16(24)19-14)11-15(23)18-10-12-3-5-17-13(9-12)20-6-1-2-7-20/h3-5,8-9H,1-2,6-7,10-11H2,(H,18,23)(H,19,22,24). The fourth-order valence-electron chi connectivity index (χ4n) is 2.67. The highest BCUT2D eigenvalue weighted by Gasteiger charge is 2.13. The van der Waals surface area contributed by atoms with Gasteiger partial charge in [0.2, 0.25) is 5.91 Å². The van der Waals surface area contributed by atoms with Gasteiger partial charge in [-0.1, -0.05) is 0 Å². The number of carbonyl (C=O) groups is 1. The van der Waals surface area contributed by atoms with Crippen LogP contribution >= 0.6 is 0 Å². The summed E-state index contributed by atoms with van der Waals surface area (Å²) in [6.07, 6.45) is 5.40. The normalized spacial score (nSPS) is 13.9. The Balaban J connectivity index is 1.59. The third-order valence-corrected chi connectivity index (χ3v) is 3.94. The lowest BCUT2D eigenvalue weighted by atomic mass is 10.2. The van der Waals surface area contributed by atoms with E-state index in [-0.39, 0.29) is 12.5 Å². The number of amides is 1. The smallest absolute Gasteiger partial charge is 0.328 e. The van der Waals surface area contributed by atoms with E-state index in [1.807, 2.05) is 12.1 Å². The van der Waals surface area contributed by atoms with E-state index in [4.69, 9.17) is 0 Å². The molecule has 0 atom stereocenters. The van der Waals surface area contributed by atoms with Crippen molar-refractivity contribution in [3.8, 4) is 0 Å². The van der Waals surface area contributed by atoms with Crippen LogP contribution in [0.4, 0.5) is 5.82 Å². The fraction of sp³-hybridized carbons (Fsp3) is 0.375. The van der Waals surface area contributed by atoms with E-state index >= 15 is 0 Å². The Hall–Kier alpha value is -2.90. The van der Waals surface area contributed by atoms with Crippen LogP contribution in [0.3, 0.4) is 0 Å². The van der Waals surface area contributed by atoms with Gasteiger partial charge < -0.3 is 10.2 Å². The molecule has 0 saturated carbocycles. The number of hydrogen-bond donors (Lipinski definition) is 2. The Morgan fingerprint density at radius 3 is 2.79 bits per heavy atom. The first-order valence-electron chi connectivity index (χ1n) is 7.88. The number of nitrogens with one attached hydrogen (secondary N) is 2. The maximum Gasteiger partial charge on any atom is 0.328 e. The Morgan fingerprint density at radius 2 is 2.04 bits per heavy atom. The molecule has 3 heterocycles. The second kappa shape index (κ2) is 7.12. The van der Waals surface area contributed by atoms with Crippen molar-refractivity contribution in [1.82, 2.24) is 19.9 Å². The maximum absolute atomic E-state index is 12.0. The Labute approximate surface area is 138 Å². The minimum atomic E-state index is -0.599. The molecule has 0 aromatic carbocycles. The second-order valence-electron chi connectivity index (χ2n) is 5.73. The lowest BCUT2D eigenvalue weighted by molar-refractivity contribution is -0.121. The molecule has 0 spiro atoms. The summed E-state index contributed by atoms with van der Waals surface area (Å²) in [5.74, 6) is 0.625. The predicted molar refractivity (Wildman–Crippen MR) is 88.9 cm³/mol. The lowest BCUT2D eigenvalue weighted by Gasteiger charge is -2.17. The summed E-state index contributed by atoms with van der Waals surface area (Å²) in [6, 6.07) is 5.03.